The molecule has 0 saturated carbocycles. The van der Waals surface area contributed by atoms with Crippen molar-refractivity contribution in [1.29, 1.82) is 0 Å². The molecule has 0 saturated heterocycles. The van der Waals surface area contributed by atoms with Crippen LogP contribution >= 0.6 is 11.3 Å². The van der Waals surface area contributed by atoms with Crippen molar-refractivity contribution in [3.8, 4) is 0 Å². The van der Waals surface area contributed by atoms with Crippen LogP contribution in [0.1, 0.15) is 27.7 Å². The van der Waals surface area contributed by atoms with Gasteiger partial charge in [-0.05, 0) is 13.8 Å². The second kappa shape index (κ2) is 7.14. The third-order valence-corrected chi connectivity index (χ3v) is 4.95. The summed E-state index contributed by atoms with van der Waals surface area (Å²) < 4.78 is 39.1. The molecular formula is C16H16F3N5O2S. The fourth-order valence-corrected chi connectivity index (χ4v) is 3.50. The fourth-order valence-electron chi connectivity index (χ4n) is 2.70. The molecule has 11 heteroatoms. The smallest absolute Gasteiger partial charge is 0.355 e. The molecule has 0 spiro atoms. The van der Waals surface area contributed by atoms with Crippen LogP contribution in [0.3, 0.4) is 0 Å². The van der Waals surface area contributed by atoms with Crippen LogP contribution in [-0.4, -0.2) is 32.0 Å². The molecule has 3 aromatic heterocycles. The predicted molar refractivity (Wildman–Crippen MR) is 92.8 cm³/mol. The zero-order valence-corrected chi connectivity index (χ0v) is 15.3. The molecule has 2 N–H and O–H groups in total. The van der Waals surface area contributed by atoms with Crippen molar-refractivity contribution in [3.05, 3.63) is 49.5 Å². The number of hydrogen-bond acceptors (Lipinski definition) is 5. The summed E-state index contributed by atoms with van der Waals surface area (Å²) in [5.41, 5.74) is 1.29. The van der Waals surface area contributed by atoms with Crippen molar-refractivity contribution < 1.29 is 18.0 Å². The number of nitrogens with zero attached hydrogens (tertiary/aromatic N) is 3. The van der Waals surface area contributed by atoms with Crippen molar-refractivity contribution in [2.75, 3.05) is 6.54 Å². The third kappa shape index (κ3) is 4.18. The maximum Gasteiger partial charge on any atom is 0.434 e. The topological polar surface area (TPSA) is 92.1 Å². The molecule has 0 aliphatic rings. The van der Waals surface area contributed by atoms with Gasteiger partial charge in [0.1, 0.15) is 0 Å². The number of fused-ring (bicyclic) bond motifs is 1. The number of H-pyrrole nitrogens is 1. The number of nitrogens with one attached hydrogen (secondary N) is 2. The predicted octanol–water partition coefficient (Wildman–Crippen LogP) is 2.02. The number of alkyl halides is 3. The standard InChI is InChI=1S/C16H16F3N5O2S/c1-8-10(9(2)24-12(21-8)6-14(26)23-24)5-13(25)20-4-3-15-22-11(7-27-15)16(17,18)19/h6-7H,3-5H2,1-2H3,(H,20,25)(H,23,26). The van der Waals surface area contributed by atoms with E-state index in [4.69, 9.17) is 0 Å². The van der Waals surface area contributed by atoms with Gasteiger partial charge in [0, 0.05) is 41.4 Å². The van der Waals surface area contributed by atoms with E-state index in [1.807, 2.05) is 0 Å². The molecule has 27 heavy (non-hydrogen) atoms. The van der Waals surface area contributed by atoms with Crippen molar-refractivity contribution in [3.63, 3.8) is 0 Å². The van der Waals surface area contributed by atoms with E-state index in [0.717, 1.165) is 16.7 Å². The van der Waals surface area contributed by atoms with E-state index in [1.54, 1.807) is 13.8 Å². The number of carbonyl (C=O) groups excluding carboxylic acids is 1. The number of amides is 1. The number of carbonyl (C=O) groups is 1. The summed E-state index contributed by atoms with van der Waals surface area (Å²) in [5.74, 6) is -0.288. The lowest BCUT2D eigenvalue weighted by Gasteiger charge is -2.11. The molecular weight excluding hydrogens is 383 g/mol. The van der Waals surface area contributed by atoms with Crippen LogP contribution < -0.4 is 10.9 Å². The summed E-state index contributed by atoms with van der Waals surface area (Å²) in [6.07, 6.45) is -4.20. The van der Waals surface area contributed by atoms with Gasteiger partial charge in [-0.25, -0.2) is 14.5 Å². The summed E-state index contributed by atoms with van der Waals surface area (Å²) in [6, 6.07) is 1.37. The van der Waals surface area contributed by atoms with Gasteiger partial charge in [0.2, 0.25) is 5.91 Å². The first-order chi connectivity index (χ1) is 12.6. The minimum absolute atomic E-state index is 0.0481. The van der Waals surface area contributed by atoms with E-state index in [0.29, 0.717) is 27.6 Å². The molecule has 1 amide bonds. The molecule has 3 aromatic rings. The molecule has 0 unspecified atom stereocenters. The van der Waals surface area contributed by atoms with Crippen molar-refractivity contribution in [2.24, 2.45) is 0 Å². The molecule has 7 nitrogen and oxygen atoms in total. The van der Waals surface area contributed by atoms with Gasteiger partial charge in [0.25, 0.3) is 5.56 Å². The summed E-state index contributed by atoms with van der Waals surface area (Å²) in [4.78, 5) is 31.5. The van der Waals surface area contributed by atoms with E-state index in [-0.39, 0.29) is 30.9 Å². The van der Waals surface area contributed by atoms with Gasteiger partial charge in [-0.15, -0.1) is 11.3 Å². The number of aromatic nitrogens is 4. The molecule has 0 aliphatic carbocycles. The molecule has 0 aliphatic heterocycles. The van der Waals surface area contributed by atoms with Crippen molar-refractivity contribution in [1.82, 2.24) is 24.9 Å². The average Bonchev–Trinajstić information content (AvgIpc) is 3.17. The van der Waals surface area contributed by atoms with E-state index in [9.17, 15) is 22.8 Å². The monoisotopic (exact) mass is 399 g/mol. The van der Waals surface area contributed by atoms with Gasteiger partial charge >= 0.3 is 6.18 Å². The Morgan fingerprint density at radius 1 is 1.33 bits per heavy atom. The Hall–Kier alpha value is -2.69. The van der Waals surface area contributed by atoms with Crippen LogP contribution in [0, 0.1) is 13.8 Å². The summed E-state index contributed by atoms with van der Waals surface area (Å²) in [5, 5.41) is 6.56. The first-order valence-electron chi connectivity index (χ1n) is 8.01. The average molecular weight is 399 g/mol. The molecule has 0 aromatic carbocycles. The number of hydrogen-bond donors (Lipinski definition) is 2. The lowest BCUT2D eigenvalue weighted by Crippen LogP contribution is -2.28. The quantitative estimate of drug-likeness (QED) is 0.687. The molecule has 0 fully saturated rings. The Kier molecular flexibility index (Phi) is 5.05. The van der Waals surface area contributed by atoms with Crippen LogP contribution in [0.5, 0.6) is 0 Å². The minimum Gasteiger partial charge on any atom is -0.355 e. The van der Waals surface area contributed by atoms with Gasteiger partial charge in [0.05, 0.1) is 11.4 Å². The van der Waals surface area contributed by atoms with E-state index < -0.39 is 11.9 Å². The normalized spacial score (nSPS) is 11.9. The largest absolute Gasteiger partial charge is 0.434 e. The van der Waals surface area contributed by atoms with Crippen molar-refractivity contribution in [2.45, 2.75) is 32.9 Å². The number of aromatic amines is 1. The number of rotatable bonds is 5. The SMILES string of the molecule is Cc1nc2cc(=O)[nH]n2c(C)c1CC(=O)NCCc1nc(C(F)(F)F)cs1. The zero-order valence-electron chi connectivity index (χ0n) is 14.5. The number of halogens is 3. The molecule has 0 bridgehead atoms. The van der Waals surface area contributed by atoms with Crippen LogP contribution in [0.15, 0.2) is 16.2 Å². The summed E-state index contributed by atoms with van der Waals surface area (Å²) in [7, 11) is 0. The van der Waals surface area contributed by atoms with Gasteiger partial charge in [0.15, 0.2) is 11.3 Å². The highest BCUT2D eigenvalue weighted by Gasteiger charge is 2.33. The lowest BCUT2D eigenvalue weighted by atomic mass is 10.1. The lowest BCUT2D eigenvalue weighted by molar-refractivity contribution is -0.140. The van der Waals surface area contributed by atoms with Crippen LogP contribution in [0.4, 0.5) is 13.2 Å². The van der Waals surface area contributed by atoms with Crippen molar-refractivity contribution >= 4 is 22.9 Å². The van der Waals surface area contributed by atoms with Gasteiger partial charge in [-0.2, -0.15) is 13.2 Å². The molecule has 144 valence electrons. The van der Waals surface area contributed by atoms with Crippen LogP contribution in [0.2, 0.25) is 0 Å². The van der Waals surface area contributed by atoms with Gasteiger partial charge in [-0.1, -0.05) is 0 Å². The first-order valence-corrected chi connectivity index (χ1v) is 8.89. The summed E-state index contributed by atoms with van der Waals surface area (Å²) in [6.45, 7) is 3.70. The zero-order chi connectivity index (χ0) is 19.8. The van der Waals surface area contributed by atoms with E-state index >= 15 is 0 Å². The highest BCUT2D eigenvalue weighted by Crippen LogP contribution is 2.30. The van der Waals surface area contributed by atoms with Crippen LogP contribution in [0.25, 0.3) is 5.65 Å². The Morgan fingerprint density at radius 3 is 2.74 bits per heavy atom. The Balaban J connectivity index is 1.62. The molecule has 3 heterocycles. The van der Waals surface area contributed by atoms with Gasteiger partial charge in [-0.3, -0.25) is 14.7 Å². The van der Waals surface area contributed by atoms with Crippen LogP contribution in [-0.2, 0) is 23.8 Å². The maximum absolute atomic E-state index is 12.5. The maximum atomic E-state index is 12.5. The second-order valence-corrected chi connectivity index (χ2v) is 6.92. The van der Waals surface area contributed by atoms with E-state index in [2.05, 4.69) is 20.4 Å². The third-order valence-electron chi connectivity index (χ3n) is 4.04. The minimum atomic E-state index is -4.46. The number of thiazole rings is 1. The second-order valence-electron chi connectivity index (χ2n) is 5.98. The highest BCUT2D eigenvalue weighted by atomic mass is 32.1. The molecule has 3 rings (SSSR count). The van der Waals surface area contributed by atoms with E-state index in [1.165, 1.54) is 10.6 Å². The molecule has 0 radical (unpaired) electrons. The Labute approximate surface area is 155 Å². The number of aryl methyl sites for hydroxylation is 2. The van der Waals surface area contributed by atoms with Gasteiger partial charge < -0.3 is 5.32 Å². The highest BCUT2D eigenvalue weighted by molar-refractivity contribution is 7.09. The molecule has 0 atom stereocenters. The fraction of sp³-hybridized carbons (Fsp3) is 0.375. The Morgan fingerprint density at radius 2 is 2.07 bits per heavy atom. The summed E-state index contributed by atoms with van der Waals surface area (Å²) >= 11 is 0.911. The Bertz CT molecular complexity index is 1050. The first kappa shape index (κ1) is 19.1.